The Kier molecular flexibility index (Phi) is 4.60. The summed E-state index contributed by atoms with van der Waals surface area (Å²) in [6, 6.07) is 4.86. The van der Waals surface area contributed by atoms with Gasteiger partial charge in [-0.05, 0) is 24.1 Å². The van der Waals surface area contributed by atoms with Gasteiger partial charge in [-0.2, -0.15) is 0 Å². The molecule has 2 aliphatic rings. The van der Waals surface area contributed by atoms with Gasteiger partial charge in [0.2, 0.25) is 11.8 Å². The van der Waals surface area contributed by atoms with E-state index in [1.165, 1.54) is 24.0 Å². The van der Waals surface area contributed by atoms with Gasteiger partial charge in [0.15, 0.2) is 0 Å². The van der Waals surface area contributed by atoms with Crippen LogP contribution in [0.3, 0.4) is 0 Å². The van der Waals surface area contributed by atoms with Crippen molar-refractivity contribution >= 4 is 29.2 Å². The van der Waals surface area contributed by atoms with Crippen LogP contribution < -0.4 is 15.5 Å². The number of hydrogen-bond acceptors (Lipinski definition) is 5. The molecule has 0 aliphatic carbocycles. The van der Waals surface area contributed by atoms with Crippen molar-refractivity contribution in [3.05, 3.63) is 29.8 Å². The minimum Gasteiger partial charge on any atom is -0.507 e. The number of rotatable bonds is 4. The highest BCUT2D eigenvalue weighted by Gasteiger charge is 2.32. The first-order valence-corrected chi connectivity index (χ1v) is 7.98. The maximum atomic E-state index is 12.0. The number of phenolic OH excluding ortho intramolecular Hbond substituents is 1. The Bertz CT molecular complexity index is 759. The van der Waals surface area contributed by atoms with Crippen LogP contribution in [0.1, 0.15) is 18.9 Å². The molecule has 3 amide bonds. The van der Waals surface area contributed by atoms with Gasteiger partial charge < -0.3 is 20.5 Å². The number of nitrogens with one attached hydrogen (secondary N) is 2. The molecule has 0 saturated carbocycles. The molecule has 1 fully saturated rings. The number of aromatic hydroxyl groups is 1. The van der Waals surface area contributed by atoms with Crippen molar-refractivity contribution in [2.45, 2.75) is 19.4 Å². The Labute approximate surface area is 144 Å². The molecule has 132 valence electrons. The van der Waals surface area contributed by atoms with Crippen LogP contribution in [0, 0.1) is 0 Å². The van der Waals surface area contributed by atoms with E-state index < -0.39 is 12.2 Å². The lowest BCUT2D eigenvalue weighted by molar-refractivity contribution is -0.119. The van der Waals surface area contributed by atoms with E-state index in [0.29, 0.717) is 24.2 Å². The van der Waals surface area contributed by atoms with Gasteiger partial charge in [0, 0.05) is 31.2 Å². The number of anilines is 1. The SMILES string of the molecule is CC(=O)NC[C@H]1CN(c2ccc(C3=CC(=O)NCC3)c(O)c2)C(=O)O1. The van der Waals surface area contributed by atoms with Crippen molar-refractivity contribution in [2.75, 3.05) is 24.5 Å². The predicted octanol–water partition coefficient (Wildman–Crippen LogP) is 0.757. The molecule has 25 heavy (non-hydrogen) atoms. The maximum Gasteiger partial charge on any atom is 0.414 e. The van der Waals surface area contributed by atoms with Crippen molar-refractivity contribution in [3.63, 3.8) is 0 Å². The van der Waals surface area contributed by atoms with Gasteiger partial charge in [-0.3, -0.25) is 14.5 Å². The van der Waals surface area contributed by atoms with Crippen LogP contribution in [0.5, 0.6) is 5.75 Å². The molecule has 2 heterocycles. The van der Waals surface area contributed by atoms with E-state index in [1.54, 1.807) is 12.1 Å². The number of hydrogen-bond donors (Lipinski definition) is 3. The Morgan fingerprint density at radius 1 is 1.44 bits per heavy atom. The molecule has 0 aromatic heterocycles. The van der Waals surface area contributed by atoms with Crippen molar-refractivity contribution < 1.29 is 24.2 Å². The van der Waals surface area contributed by atoms with Crippen LogP contribution in [-0.4, -0.2) is 48.8 Å². The molecule has 3 rings (SSSR count). The zero-order valence-corrected chi connectivity index (χ0v) is 13.7. The van der Waals surface area contributed by atoms with Gasteiger partial charge in [-0.25, -0.2) is 4.79 Å². The van der Waals surface area contributed by atoms with E-state index in [1.807, 2.05) is 0 Å². The summed E-state index contributed by atoms with van der Waals surface area (Å²) in [6.07, 6.45) is 1.12. The summed E-state index contributed by atoms with van der Waals surface area (Å²) in [5, 5.41) is 15.6. The molecular formula is C17H19N3O5. The first kappa shape index (κ1) is 16.8. The Hall–Kier alpha value is -3.03. The summed E-state index contributed by atoms with van der Waals surface area (Å²) in [5.41, 5.74) is 1.82. The molecular weight excluding hydrogens is 326 g/mol. The third kappa shape index (κ3) is 3.73. The molecule has 0 bridgehead atoms. The van der Waals surface area contributed by atoms with E-state index in [0.717, 1.165) is 5.57 Å². The van der Waals surface area contributed by atoms with E-state index in [4.69, 9.17) is 4.74 Å². The predicted molar refractivity (Wildman–Crippen MR) is 90.0 cm³/mol. The second-order valence-electron chi connectivity index (χ2n) is 5.97. The van der Waals surface area contributed by atoms with Crippen LogP contribution in [0.4, 0.5) is 10.5 Å². The summed E-state index contributed by atoms with van der Waals surface area (Å²) < 4.78 is 5.21. The number of carbonyl (C=O) groups excluding carboxylic acids is 3. The lowest BCUT2D eigenvalue weighted by atomic mass is 9.98. The van der Waals surface area contributed by atoms with Crippen molar-refractivity contribution in [1.29, 1.82) is 0 Å². The minimum absolute atomic E-state index is 0.00318. The smallest absolute Gasteiger partial charge is 0.414 e. The third-order valence-electron chi connectivity index (χ3n) is 4.09. The van der Waals surface area contributed by atoms with Crippen LogP contribution in [0.15, 0.2) is 24.3 Å². The van der Waals surface area contributed by atoms with Crippen LogP contribution in [-0.2, 0) is 14.3 Å². The van der Waals surface area contributed by atoms with Crippen molar-refractivity contribution in [1.82, 2.24) is 10.6 Å². The fourth-order valence-electron chi connectivity index (χ4n) is 2.87. The highest BCUT2D eigenvalue weighted by Crippen LogP contribution is 2.33. The number of ether oxygens (including phenoxy) is 1. The molecule has 8 heteroatoms. The minimum atomic E-state index is -0.529. The van der Waals surface area contributed by atoms with E-state index in [-0.39, 0.29) is 30.7 Å². The number of cyclic esters (lactones) is 1. The highest BCUT2D eigenvalue weighted by atomic mass is 16.6. The topological polar surface area (TPSA) is 108 Å². The van der Waals surface area contributed by atoms with Gasteiger partial charge in [0.1, 0.15) is 11.9 Å². The zero-order valence-electron chi connectivity index (χ0n) is 13.7. The van der Waals surface area contributed by atoms with Gasteiger partial charge >= 0.3 is 6.09 Å². The normalized spacial score (nSPS) is 20.0. The quantitative estimate of drug-likeness (QED) is 0.746. The van der Waals surface area contributed by atoms with Crippen molar-refractivity contribution in [2.24, 2.45) is 0 Å². The number of nitrogens with zero attached hydrogens (tertiary/aromatic N) is 1. The molecule has 1 saturated heterocycles. The maximum absolute atomic E-state index is 12.0. The molecule has 0 spiro atoms. The van der Waals surface area contributed by atoms with Crippen molar-refractivity contribution in [3.8, 4) is 5.75 Å². The largest absolute Gasteiger partial charge is 0.507 e. The monoisotopic (exact) mass is 345 g/mol. The summed E-state index contributed by atoms with van der Waals surface area (Å²) in [5.74, 6) is -0.383. The van der Waals surface area contributed by atoms with Crippen LogP contribution in [0.2, 0.25) is 0 Å². The molecule has 2 aliphatic heterocycles. The van der Waals surface area contributed by atoms with E-state index in [9.17, 15) is 19.5 Å². The number of amides is 3. The van der Waals surface area contributed by atoms with Gasteiger partial charge in [-0.15, -0.1) is 0 Å². The first-order valence-electron chi connectivity index (χ1n) is 7.98. The molecule has 1 atom stereocenters. The molecule has 1 aromatic rings. The standard InChI is InChI=1S/C17H19N3O5/c1-10(21)19-8-13-9-20(17(24)25-13)12-2-3-14(15(22)7-12)11-4-5-18-16(23)6-11/h2-3,6-7,13,22H,4-5,8-9H2,1H3,(H,18,23)(H,19,21)/t13-/m0/s1. The Balaban J connectivity index is 1.75. The number of benzene rings is 1. The van der Waals surface area contributed by atoms with Gasteiger partial charge in [0.05, 0.1) is 18.8 Å². The molecule has 3 N–H and O–H groups in total. The van der Waals surface area contributed by atoms with Crippen LogP contribution in [0.25, 0.3) is 5.57 Å². The lowest BCUT2D eigenvalue weighted by Gasteiger charge is -2.18. The molecule has 8 nitrogen and oxygen atoms in total. The summed E-state index contributed by atoms with van der Waals surface area (Å²) >= 11 is 0. The first-order chi connectivity index (χ1) is 11.9. The van der Waals surface area contributed by atoms with Crippen LogP contribution >= 0.6 is 0 Å². The zero-order chi connectivity index (χ0) is 18.0. The van der Waals surface area contributed by atoms with E-state index in [2.05, 4.69) is 10.6 Å². The highest BCUT2D eigenvalue weighted by molar-refractivity contribution is 5.98. The average Bonchev–Trinajstić information content (AvgIpc) is 2.94. The Morgan fingerprint density at radius 2 is 2.24 bits per heavy atom. The molecule has 0 unspecified atom stereocenters. The molecule has 0 radical (unpaired) electrons. The summed E-state index contributed by atoms with van der Waals surface area (Å²) in [4.78, 5) is 35.8. The number of carbonyl (C=O) groups is 3. The summed E-state index contributed by atoms with van der Waals surface area (Å²) in [7, 11) is 0. The fourth-order valence-corrected chi connectivity index (χ4v) is 2.87. The average molecular weight is 345 g/mol. The fraction of sp³-hybridized carbons (Fsp3) is 0.353. The number of phenols is 1. The lowest BCUT2D eigenvalue weighted by Crippen LogP contribution is -2.33. The third-order valence-corrected chi connectivity index (χ3v) is 4.09. The second kappa shape index (κ2) is 6.84. The van der Waals surface area contributed by atoms with Gasteiger partial charge in [0.25, 0.3) is 0 Å². The Morgan fingerprint density at radius 3 is 2.92 bits per heavy atom. The van der Waals surface area contributed by atoms with Gasteiger partial charge in [-0.1, -0.05) is 0 Å². The molecule has 1 aromatic carbocycles. The summed E-state index contributed by atoms with van der Waals surface area (Å²) in [6.45, 7) is 2.44. The second-order valence-corrected chi connectivity index (χ2v) is 5.97. The van der Waals surface area contributed by atoms with E-state index >= 15 is 0 Å².